The quantitative estimate of drug-likeness (QED) is 0.188. The minimum absolute atomic E-state index is 0.0260. The molecule has 39 heavy (non-hydrogen) atoms. The van der Waals surface area contributed by atoms with Crippen molar-refractivity contribution in [2.75, 3.05) is 6.61 Å². The van der Waals surface area contributed by atoms with Crippen LogP contribution in [0.3, 0.4) is 0 Å². The zero-order valence-corrected chi connectivity index (χ0v) is 21.0. The van der Waals surface area contributed by atoms with E-state index in [2.05, 4.69) is 0 Å². The molecule has 10 heteroatoms. The van der Waals surface area contributed by atoms with Crippen LogP contribution in [0.1, 0.15) is 72.2 Å². The smallest absolute Gasteiger partial charge is 0.346 e. The van der Waals surface area contributed by atoms with Crippen LogP contribution in [0.25, 0.3) is 5.57 Å². The van der Waals surface area contributed by atoms with Gasteiger partial charge in [0.2, 0.25) is 11.6 Å². The van der Waals surface area contributed by atoms with Gasteiger partial charge in [-0.05, 0) is 68.4 Å². The van der Waals surface area contributed by atoms with Gasteiger partial charge in [0.25, 0.3) is 0 Å². The minimum Gasteiger partial charge on any atom is -0.491 e. The molecule has 0 heterocycles. The molecule has 0 amide bonds. The molecule has 4 rings (SSSR count). The summed E-state index contributed by atoms with van der Waals surface area (Å²) in [7, 11) is 0. The molecule has 0 spiro atoms. The van der Waals surface area contributed by atoms with Crippen LogP contribution in [0, 0.1) is 34.9 Å². The number of aliphatic hydroxyl groups excluding tert-OH is 1. The molecule has 1 aliphatic carbocycles. The van der Waals surface area contributed by atoms with E-state index in [9.17, 15) is 36.2 Å². The van der Waals surface area contributed by atoms with E-state index in [4.69, 9.17) is 9.47 Å². The number of ether oxygens (including phenoxy) is 2. The van der Waals surface area contributed by atoms with Crippen molar-refractivity contribution < 1.29 is 45.7 Å². The Labute approximate surface area is 220 Å². The van der Waals surface area contributed by atoms with Crippen LogP contribution >= 0.6 is 0 Å². The fourth-order valence-electron chi connectivity index (χ4n) is 4.55. The lowest BCUT2D eigenvalue weighted by Crippen LogP contribution is -2.15. The van der Waals surface area contributed by atoms with Crippen LogP contribution in [0.15, 0.2) is 42.5 Å². The van der Waals surface area contributed by atoms with Crippen molar-refractivity contribution >= 4 is 11.5 Å². The van der Waals surface area contributed by atoms with Crippen molar-refractivity contribution in [3.05, 3.63) is 99.6 Å². The summed E-state index contributed by atoms with van der Waals surface area (Å²) < 4.78 is 96.7. The molecule has 1 N–H and O–H groups in total. The minimum atomic E-state index is -1.52. The van der Waals surface area contributed by atoms with E-state index in [1.54, 1.807) is 13.0 Å². The van der Waals surface area contributed by atoms with Gasteiger partial charge >= 0.3 is 5.97 Å². The summed E-state index contributed by atoms with van der Waals surface area (Å²) in [5.74, 6) is -11.1. The average molecular weight is 550 g/mol. The highest BCUT2D eigenvalue weighted by Crippen LogP contribution is 2.39. The van der Waals surface area contributed by atoms with Crippen LogP contribution < -0.4 is 9.47 Å². The van der Waals surface area contributed by atoms with Gasteiger partial charge in [0, 0.05) is 11.1 Å². The molecule has 3 aromatic rings. The second-order valence-electron chi connectivity index (χ2n) is 9.05. The van der Waals surface area contributed by atoms with E-state index in [1.165, 1.54) is 25.1 Å². The number of allylic oxidation sites excluding steroid dienone is 2. The molecule has 3 aromatic carbocycles. The van der Waals surface area contributed by atoms with Gasteiger partial charge in [-0.3, -0.25) is 0 Å². The summed E-state index contributed by atoms with van der Waals surface area (Å²) in [5, 5.41) is 9.57. The molecule has 0 fully saturated rings. The first-order valence-electron chi connectivity index (χ1n) is 12.2. The second-order valence-corrected chi connectivity index (χ2v) is 9.05. The molecule has 2 unspecified atom stereocenters. The maximum Gasteiger partial charge on any atom is 0.346 e. The highest BCUT2D eigenvalue weighted by Gasteiger charge is 2.28. The van der Waals surface area contributed by atoms with E-state index in [0.717, 1.165) is 18.2 Å². The summed E-state index contributed by atoms with van der Waals surface area (Å²) in [5.41, 5.74) is -0.498. The zero-order chi connectivity index (χ0) is 28.4. The molecule has 0 aliphatic heterocycles. The lowest BCUT2D eigenvalue weighted by Gasteiger charge is -2.24. The van der Waals surface area contributed by atoms with Crippen molar-refractivity contribution in [1.29, 1.82) is 0 Å². The van der Waals surface area contributed by atoms with E-state index in [1.807, 2.05) is 0 Å². The van der Waals surface area contributed by atoms with E-state index < -0.39 is 70.0 Å². The Hall–Kier alpha value is -3.79. The topological polar surface area (TPSA) is 55.8 Å². The van der Waals surface area contributed by atoms with E-state index in [-0.39, 0.29) is 42.6 Å². The number of aliphatic hydroxyl groups is 1. The zero-order valence-electron chi connectivity index (χ0n) is 21.0. The number of hydrogen-bond donors (Lipinski definition) is 1. The number of esters is 1. The summed E-state index contributed by atoms with van der Waals surface area (Å²) >= 11 is 0. The Morgan fingerprint density at radius 1 is 0.897 bits per heavy atom. The third-order valence-electron chi connectivity index (χ3n) is 6.60. The van der Waals surface area contributed by atoms with E-state index >= 15 is 0 Å². The molecular weight excluding hydrogens is 526 g/mol. The third-order valence-corrected chi connectivity index (χ3v) is 6.60. The molecule has 0 saturated heterocycles. The number of carbonyl (C=O) groups excluding carboxylic acids is 1. The Morgan fingerprint density at radius 2 is 1.59 bits per heavy atom. The van der Waals surface area contributed by atoms with Crippen LogP contribution in [0.5, 0.6) is 11.5 Å². The Kier molecular flexibility index (Phi) is 8.34. The first kappa shape index (κ1) is 28.2. The number of hydrogen-bond acceptors (Lipinski definition) is 4. The van der Waals surface area contributed by atoms with Crippen LogP contribution in [-0.2, 0) is 0 Å². The predicted molar refractivity (Wildman–Crippen MR) is 130 cm³/mol. The van der Waals surface area contributed by atoms with Gasteiger partial charge in [-0.25, -0.2) is 22.4 Å². The van der Waals surface area contributed by atoms with Crippen LogP contribution in [0.2, 0.25) is 0 Å². The highest BCUT2D eigenvalue weighted by molar-refractivity contribution is 5.91. The van der Waals surface area contributed by atoms with Crippen molar-refractivity contribution in [3.8, 4) is 11.5 Å². The average Bonchev–Trinajstić information content (AvgIpc) is 2.91. The summed E-state index contributed by atoms with van der Waals surface area (Å²) in [4.78, 5) is 12.4. The molecule has 0 saturated carbocycles. The number of halogens is 6. The fraction of sp³-hybridized carbons (Fsp3) is 0.276. The maximum absolute atomic E-state index is 15.0. The van der Waals surface area contributed by atoms with Gasteiger partial charge in [-0.2, -0.15) is 8.78 Å². The molecule has 0 bridgehead atoms. The summed E-state index contributed by atoms with van der Waals surface area (Å²) in [6.07, 6.45) is 1.13. The highest BCUT2D eigenvalue weighted by atomic mass is 19.2. The Balaban J connectivity index is 1.52. The van der Waals surface area contributed by atoms with Gasteiger partial charge in [-0.15, -0.1) is 0 Å². The van der Waals surface area contributed by atoms with Crippen LogP contribution in [-0.4, -0.2) is 17.7 Å². The largest absolute Gasteiger partial charge is 0.491 e. The van der Waals surface area contributed by atoms with Crippen molar-refractivity contribution in [2.45, 2.75) is 45.1 Å². The first-order valence-corrected chi connectivity index (χ1v) is 12.2. The Bertz CT molecular complexity index is 1450. The molecule has 1 aliphatic rings. The second kappa shape index (κ2) is 11.5. The summed E-state index contributed by atoms with van der Waals surface area (Å²) in [6.45, 7) is 2.95. The molecule has 4 nitrogen and oxygen atoms in total. The SMILES string of the molecule is CCOc1ccc(OC(=O)c2ccc(C3CC=C(c4ccc(C(C)O)c(F)c4F)CC3)c(F)c2F)c(F)c1F. The summed E-state index contributed by atoms with van der Waals surface area (Å²) in [6, 6.07) is 6.82. The number of carbonyl (C=O) groups is 1. The molecule has 2 atom stereocenters. The fourth-order valence-corrected chi connectivity index (χ4v) is 4.55. The molecule has 0 aromatic heterocycles. The Morgan fingerprint density at radius 3 is 2.23 bits per heavy atom. The first-order chi connectivity index (χ1) is 18.5. The normalized spacial score (nSPS) is 16.0. The standard InChI is InChI=1S/C29H24F6O4/c1-3-38-21-12-13-22(28(35)27(21)34)39-29(37)20-11-10-19(25(32)26(20)33)16-6-4-15(5-7-16)18-9-8-17(14(2)36)23(30)24(18)31/h4,8-14,16,36H,3,5-7H2,1-2H3. The van der Waals surface area contributed by atoms with Gasteiger partial charge in [-0.1, -0.05) is 24.3 Å². The van der Waals surface area contributed by atoms with Gasteiger partial charge in [0.15, 0.2) is 34.8 Å². The number of benzene rings is 3. The molecule has 206 valence electrons. The third kappa shape index (κ3) is 5.52. The predicted octanol–water partition coefficient (Wildman–Crippen LogP) is 7.54. The van der Waals surface area contributed by atoms with Crippen molar-refractivity contribution in [2.24, 2.45) is 0 Å². The van der Waals surface area contributed by atoms with Crippen molar-refractivity contribution in [1.82, 2.24) is 0 Å². The lowest BCUT2D eigenvalue weighted by atomic mass is 9.82. The monoisotopic (exact) mass is 550 g/mol. The molecular formula is C29H24F6O4. The van der Waals surface area contributed by atoms with Gasteiger partial charge in [0.05, 0.1) is 18.3 Å². The lowest BCUT2D eigenvalue weighted by molar-refractivity contribution is 0.0720. The maximum atomic E-state index is 15.0. The van der Waals surface area contributed by atoms with Crippen molar-refractivity contribution in [3.63, 3.8) is 0 Å². The van der Waals surface area contributed by atoms with Crippen LogP contribution in [0.4, 0.5) is 26.3 Å². The van der Waals surface area contributed by atoms with E-state index in [0.29, 0.717) is 5.57 Å². The van der Waals surface area contributed by atoms with Gasteiger partial charge < -0.3 is 14.6 Å². The molecule has 0 radical (unpaired) electrons. The van der Waals surface area contributed by atoms with Gasteiger partial charge in [0.1, 0.15) is 0 Å². The number of rotatable bonds is 7.